The molecule has 3 rings (SSSR count). The van der Waals surface area contributed by atoms with Crippen molar-refractivity contribution in [2.75, 3.05) is 18.9 Å². The van der Waals surface area contributed by atoms with E-state index in [2.05, 4.69) is 10.2 Å². The van der Waals surface area contributed by atoms with Crippen LogP contribution in [0.4, 0.5) is 5.00 Å². The number of thiophene rings is 1. The molecule has 0 aliphatic carbocycles. The van der Waals surface area contributed by atoms with Gasteiger partial charge in [-0.3, -0.25) is 9.59 Å². The van der Waals surface area contributed by atoms with Gasteiger partial charge >= 0.3 is 0 Å². The number of benzene rings is 1. The minimum atomic E-state index is -0.507. The molecule has 25 heavy (non-hydrogen) atoms. The van der Waals surface area contributed by atoms with Crippen molar-refractivity contribution in [3.8, 4) is 0 Å². The van der Waals surface area contributed by atoms with Gasteiger partial charge in [-0.05, 0) is 36.7 Å². The third-order valence-corrected chi connectivity index (χ3v) is 5.53. The maximum absolute atomic E-state index is 12.3. The molecule has 0 atom stereocenters. The number of halogens is 1. The summed E-state index contributed by atoms with van der Waals surface area (Å²) in [6.07, 6.45) is 3.80. The molecule has 7 heteroatoms. The standard InChI is InChI=1S/C18H18ClN3O2S/c1-22-9-8-12-14(10-22)25-18(16(12)17(20)24)21-15(23)7-6-11-4-2-3-5-13(11)19/h2-7H,8-10H2,1H3,(H2,20,24)(H,21,23). The van der Waals surface area contributed by atoms with Gasteiger partial charge in [0, 0.05) is 29.1 Å². The number of rotatable bonds is 4. The van der Waals surface area contributed by atoms with Gasteiger partial charge in [0.2, 0.25) is 5.91 Å². The van der Waals surface area contributed by atoms with Crippen molar-refractivity contribution in [3.63, 3.8) is 0 Å². The number of anilines is 1. The Morgan fingerprint density at radius 1 is 1.36 bits per heavy atom. The van der Waals surface area contributed by atoms with E-state index in [0.717, 1.165) is 35.5 Å². The van der Waals surface area contributed by atoms with Crippen LogP contribution in [0.15, 0.2) is 30.3 Å². The topological polar surface area (TPSA) is 75.4 Å². The average molecular weight is 376 g/mol. The van der Waals surface area contributed by atoms with Crippen LogP contribution in [0.1, 0.15) is 26.4 Å². The summed E-state index contributed by atoms with van der Waals surface area (Å²) in [5, 5.41) is 3.87. The zero-order chi connectivity index (χ0) is 18.0. The van der Waals surface area contributed by atoms with Gasteiger partial charge in [0.1, 0.15) is 5.00 Å². The van der Waals surface area contributed by atoms with Gasteiger partial charge in [-0.2, -0.15) is 0 Å². The fourth-order valence-corrected chi connectivity index (χ4v) is 4.34. The lowest BCUT2D eigenvalue weighted by Crippen LogP contribution is -2.27. The van der Waals surface area contributed by atoms with Crippen LogP contribution in [0.2, 0.25) is 5.02 Å². The van der Waals surface area contributed by atoms with E-state index in [4.69, 9.17) is 17.3 Å². The molecule has 2 amide bonds. The third-order valence-electron chi connectivity index (χ3n) is 4.05. The second kappa shape index (κ2) is 7.39. The third kappa shape index (κ3) is 3.92. The second-order valence-corrected chi connectivity index (χ2v) is 7.42. The Labute approximate surface area is 155 Å². The number of likely N-dealkylation sites (N-methyl/N-ethyl adjacent to an activating group) is 1. The van der Waals surface area contributed by atoms with Crippen molar-refractivity contribution in [2.24, 2.45) is 5.73 Å². The predicted octanol–water partition coefficient (Wildman–Crippen LogP) is 3.14. The molecule has 2 heterocycles. The highest BCUT2D eigenvalue weighted by atomic mass is 35.5. The van der Waals surface area contributed by atoms with Gasteiger partial charge in [-0.25, -0.2) is 0 Å². The normalized spacial score (nSPS) is 14.5. The van der Waals surface area contributed by atoms with Crippen LogP contribution in [0.25, 0.3) is 6.08 Å². The molecule has 3 N–H and O–H groups in total. The number of hydrogen-bond donors (Lipinski definition) is 2. The first-order valence-electron chi connectivity index (χ1n) is 7.82. The maximum Gasteiger partial charge on any atom is 0.251 e. The fraction of sp³-hybridized carbons (Fsp3) is 0.222. The Hall–Kier alpha value is -2.15. The van der Waals surface area contributed by atoms with E-state index in [1.165, 1.54) is 17.4 Å². The van der Waals surface area contributed by atoms with Gasteiger partial charge < -0.3 is 16.0 Å². The molecule has 1 aromatic heterocycles. The first-order valence-corrected chi connectivity index (χ1v) is 9.01. The Kier molecular flexibility index (Phi) is 5.22. The van der Waals surface area contributed by atoms with E-state index in [1.54, 1.807) is 12.1 Å². The summed E-state index contributed by atoms with van der Waals surface area (Å²) in [5.74, 6) is -0.832. The molecule has 0 fully saturated rings. The molecular weight excluding hydrogens is 358 g/mol. The molecule has 2 aromatic rings. The molecular formula is C18H18ClN3O2S. The molecule has 1 aliphatic rings. The number of nitrogens with two attached hydrogens (primary N) is 1. The number of amides is 2. The summed E-state index contributed by atoms with van der Waals surface area (Å²) in [6.45, 7) is 1.62. The van der Waals surface area contributed by atoms with Crippen LogP contribution in [0, 0.1) is 0 Å². The lowest BCUT2D eigenvalue weighted by Gasteiger charge is -2.22. The highest BCUT2D eigenvalue weighted by molar-refractivity contribution is 7.17. The molecule has 0 saturated carbocycles. The van der Waals surface area contributed by atoms with Gasteiger partial charge in [0.15, 0.2) is 0 Å². The molecule has 0 bridgehead atoms. The minimum Gasteiger partial charge on any atom is -0.365 e. The highest BCUT2D eigenvalue weighted by Crippen LogP contribution is 2.36. The predicted molar refractivity (Wildman–Crippen MR) is 102 cm³/mol. The van der Waals surface area contributed by atoms with Gasteiger partial charge in [-0.1, -0.05) is 29.8 Å². The summed E-state index contributed by atoms with van der Waals surface area (Å²) in [7, 11) is 2.02. The first kappa shape index (κ1) is 17.7. The van der Waals surface area contributed by atoms with Crippen LogP contribution in [0.3, 0.4) is 0 Å². The van der Waals surface area contributed by atoms with Crippen molar-refractivity contribution in [1.82, 2.24) is 4.90 Å². The van der Waals surface area contributed by atoms with Crippen LogP contribution in [0.5, 0.6) is 0 Å². The molecule has 0 spiro atoms. The van der Waals surface area contributed by atoms with Crippen molar-refractivity contribution in [2.45, 2.75) is 13.0 Å². The minimum absolute atomic E-state index is 0.325. The number of hydrogen-bond acceptors (Lipinski definition) is 4. The van der Waals surface area contributed by atoms with Crippen molar-refractivity contribution < 1.29 is 9.59 Å². The zero-order valence-corrected chi connectivity index (χ0v) is 15.3. The lowest BCUT2D eigenvalue weighted by atomic mass is 10.0. The quantitative estimate of drug-likeness (QED) is 0.806. The van der Waals surface area contributed by atoms with Crippen LogP contribution >= 0.6 is 22.9 Å². The van der Waals surface area contributed by atoms with E-state index in [0.29, 0.717) is 15.6 Å². The second-order valence-electron chi connectivity index (χ2n) is 5.90. The van der Waals surface area contributed by atoms with Crippen molar-refractivity contribution in [3.05, 3.63) is 56.9 Å². The molecule has 0 radical (unpaired) electrons. The van der Waals surface area contributed by atoms with Crippen LogP contribution in [-0.4, -0.2) is 30.3 Å². The van der Waals surface area contributed by atoms with E-state index in [-0.39, 0.29) is 5.91 Å². The number of primary amides is 1. The Balaban J connectivity index is 1.82. The molecule has 1 aliphatic heterocycles. The average Bonchev–Trinajstić information content (AvgIpc) is 2.91. The van der Waals surface area contributed by atoms with Gasteiger partial charge in [0.05, 0.1) is 5.56 Å². The Morgan fingerprint density at radius 2 is 2.12 bits per heavy atom. The van der Waals surface area contributed by atoms with E-state index < -0.39 is 5.91 Å². The number of carbonyl (C=O) groups excluding carboxylic acids is 2. The molecule has 0 unspecified atom stereocenters. The van der Waals surface area contributed by atoms with Gasteiger partial charge in [0.25, 0.3) is 5.91 Å². The van der Waals surface area contributed by atoms with Crippen molar-refractivity contribution in [1.29, 1.82) is 0 Å². The monoisotopic (exact) mass is 375 g/mol. The number of fused-ring (bicyclic) bond motifs is 1. The summed E-state index contributed by atoms with van der Waals surface area (Å²) < 4.78 is 0. The fourth-order valence-electron chi connectivity index (χ4n) is 2.81. The van der Waals surface area contributed by atoms with Crippen molar-refractivity contribution >= 4 is 45.8 Å². The smallest absolute Gasteiger partial charge is 0.251 e. The maximum atomic E-state index is 12.3. The number of carbonyl (C=O) groups is 2. The molecule has 1 aromatic carbocycles. The number of nitrogens with one attached hydrogen (secondary N) is 1. The highest BCUT2D eigenvalue weighted by Gasteiger charge is 2.26. The van der Waals surface area contributed by atoms with E-state index in [9.17, 15) is 9.59 Å². The summed E-state index contributed by atoms with van der Waals surface area (Å²) in [6, 6.07) is 7.25. The van der Waals surface area contributed by atoms with E-state index >= 15 is 0 Å². The molecule has 0 saturated heterocycles. The molecule has 5 nitrogen and oxygen atoms in total. The number of nitrogens with zero attached hydrogens (tertiary/aromatic N) is 1. The Bertz CT molecular complexity index is 860. The summed E-state index contributed by atoms with van der Waals surface area (Å²) in [4.78, 5) is 27.4. The van der Waals surface area contributed by atoms with Crippen LogP contribution < -0.4 is 11.1 Å². The Morgan fingerprint density at radius 3 is 2.84 bits per heavy atom. The summed E-state index contributed by atoms with van der Waals surface area (Å²) >= 11 is 7.48. The summed E-state index contributed by atoms with van der Waals surface area (Å²) in [5.41, 5.74) is 7.69. The first-order chi connectivity index (χ1) is 12.0. The van der Waals surface area contributed by atoms with Crippen LogP contribution in [-0.2, 0) is 17.8 Å². The molecule has 130 valence electrons. The zero-order valence-electron chi connectivity index (χ0n) is 13.7. The van der Waals surface area contributed by atoms with Gasteiger partial charge in [-0.15, -0.1) is 11.3 Å². The SMILES string of the molecule is CN1CCc2c(sc(NC(=O)C=Cc3ccccc3Cl)c2C(N)=O)C1. The lowest BCUT2D eigenvalue weighted by molar-refractivity contribution is -0.111. The van der Waals surface area contributed by atoms with E-state index in [1.807, 2.05) is 25.2 Å². The largest absolute Gasteiger partial charge is 0.365 e.